The van der Waals surface area contributed by atoms with Crippen LogP contribution in [0.25, 0.3) is 0 Å². The van der Waals surface area contributed by atoms with Crippen molar-refractivity contribution in [1.29, 1.82) is 0 Å². The first-order chi connectivity index (χ1) is 14.2. The Labute approximate surface area is 176 Å². The molecule has 0 aliphatic carbocycles. The Morgan fingerprint density at radius 2 is 2.07 bits per heavy atom. The fraction of sp³-hybridized carbons (Fsp3) is 0.316. The van der Waals surface area contributed by atoms with Gasteiger partial charge >= 0.3 is 5.69 Å². The van der Waals surface area contributed by atoms with Crippen LogP contribution in [0, 0.1) is 35.7 Å². The van der Waals surface area contributed by atoms with Crippen molar-refractivity contribution >= 4 is 29.0 Å². The number of hydrogen-bond acceptors (Lipinski definition) is 5. The molecule has 3 rings (SSSR count). The quantitative estimate of drug-likeness (QED) is 0.450. The van der Waals surface area contributed by atoms with Gasteiger partial charge in [0.15, 0.2) is 5.82 Å². The molecule has 0 aliphatic heterocycles. The molecule has 0 fully saturated rings. The SMILES string of the molecule is Cc1nn(CC(C)C(=O)Nc2ccn(Cc3ccc(F)cc3Cl)n2)c(C)c1[N+](=O)[O-]. The number of hydrogen-bond donors (Lipinski definition) is 1. The topological polar surface area (TPSA) is 108 Å². The summed E-state index contributed by atoms with van der Waals surface area (Å²) in [6, 6.07) is 5.76. The van der Waals surface area contributed by atoms with Crippen molar-refractivity contribution in [2.45, 2.75) is 33.9 Å². The van der Waals surface area contributed by atoms with Crippen molar-refractivity contribution < 1.29 is 14.1 Å². The van der Waals surface area contributed by atoms with Crippen LogP contribution in [0.3, 0.4) is 0 Å². The van der Waals surface area contributed by atoms with E-state index in [1.807, 2.05) is 0 Å². The zero-order chi connectivity index (χ0) is 22.0. The summed E-state index contributed by atoms with van der Waals surface area (Å²) in [5.41, 5.74) is 1.36. The number of carbonyl (C=O) groups is 1. The minimum atomic E-state index is -0.501. The normalized spacial score (nSPS) is 12.0. The smallest absolute Gasteiger partial charge is 0.309 e. The lowest BCUT2D eigenvalue weighted by atomic mass is 10.1. The van der Waals surface area contributed by atoms with Gasteiger partial charge in [0.05, 0.1) is 23.9 Å². The van der Waals surface area contributed by atoms with E-state index in [0.29, 0.717) is 34.3 Å². The molecule has 0 spiro atoms. The maximum atomic E-state index is 13.2. The zero-order valence-electron chi connectivity index (χ0n) is 16.6. The van der Waals surface area contributed by atoms with Crippen LogP contribution >= 0.6 is 11.6 Å². The molecule has 1 amide bonds. The summed E-state index contributed by atoms with van der Waals surface area (Å²) in [6.45, 7) is 5.38. The number of aryl methyl sites for hydroxylation is 1. The Kier molecular flexibility index (Phi) is 6.16. The van der Waals surface area contributed by atoms with Gasteiger partial charge in [0.25, 0.3) is 0 Å². The van der Waals surface area contributed by atoms with Gasteiger partial charge in [-0.05, 0) is 31.5 Å². The Morgan fingerprint density at radius 3 is 2.70 bits per heavy atom. The molecule has 0 saturated heterocycles. The van der Waals surface area contributed by atoms with Crippen molar-refractivity contribution in [1.82, 2.24) is 19.6 Å². The van der Waals surface area contributed by atoms with Crippen LogP contribution in [0.2, 0.25) is 5.02 Å². The first kappa shape index (κ1) is 21.4. The highest BCUT2D eigenvalue weighted by molar-refractivity contribution is 6.31. The van der Waals surface area contributed by atoms with Gasteiger partial charge in [-0.3, -0.25) is 24.3 Å². The summed E-state index contributed by atoms with van der Waals surface area (Å²) in [5.74, 6) is -0.863. The summed E-state index contributed by atoms with van der Waals surface area (Å²) in [4.78, 5) is 23.2. The molecule has 30 heavy (non-hydrogen) atoms. The minimum Gasteiger partial charge on any atom is -0.309 e. The second-order valence-electron chi connectivity index (χ2n) is 6.98. The van der Waals surface area contributed by atoms with Crippen LogP contribution in [-0.4, -0.2) is 30.4 Å². The summed E-state index contributed by atoms with van der Waals surface area (Å²) in [7, 11) is 0. The maximum absolute atomic E-state index is 13.2. The molecule has 2 heterocycles. The molecule has 1 N–H and O–H groups in total. The lowest BCUT2D eigenvalue weighted by Crippen LogP contribution is -2.25. The maximum Gasteiger partial charge on any atom is 0.312 e. The van der Waals surface area contributed by atoms with E-state index in [1.54, 1.807) is 43.8 Å². The number of rotatable bonds is 7. The number of anilines is 1. The molecule has 1 aromatic carbocycles. The van der Waals surface area contributed by atoms with E-state index in [2.05, 4.69) is 15.5 Å². The molecular weight excluding hydrogens is 415 g/mol. The first-order valence-electron chi connectivity index (χ1n) is 9.12. The molecule has 1 atom stereocenters. The zero-order valence-corrected chi connectivity index (χ0v) is 17.4. The van der Waals surface area contributed by atoms with Crippen molar-refractivity contribution in [2.24, 2.45) is 5.92 Å². The van der Waals surface area contributed by atoms with Gasteiger partial charge in [0, 0.05) is 17.3 Å². The number of nitro groups is 1. The number of carbonyl (C=O) groups excluding carboxylic acids is 1. The summed E-state index contributed by atoms with van der Waals surface area (Å²) in [5, 5.41) is 22.6. The van der Waals surface area contributed by atoms with Crippen LogP contribution in [0.4, 0.5) is 15.9 Å². The van der Waals surface area contributed by atoms with Crippen LogP contribution < -0.4 is 5.32 Å². The van der Waals surface area contributed by atoms with Gasteiger partial charge in [-0.25, -0.2) is 4.39 Å². The predicted octanol–water partition coefficient (Wildman–Crippen LogP) is 3.72. The largest absolute Gasteiger partial charge is 0.312 e. The highest BCUT2D eigenvalue weighted by Gasteiger charge is 2.24. The van der Waals surface area contributed by atoms with Crippen molar-refractivity contribution in [2.75, 3.05) is 5.32 Å². The van der Waals surface area contributed by atoms with Gasteiger partial charge in [-0.1, -0.05) is 24.6 Å². The lowest BCUT2D eigenvalue weighted by Gasteiger charge is -2.12. The molecule has 0 bridgehead atoms. The van der Waals surface area contributed by atoms with Crippen molar-refractivity contribution in [3.63, 3.8) is 0 Å². The molecule has 1 unspecified atom stereocenters. The van der Waals surface area contributed by atoms with E-state index in [-0.39, 0.29) is 18.1 Å². The Morgan fingerprint density at radius 1 is 1.33 bits per heavy atom. The third-order valence-corrected chi connectivity index (χ3v) is 5.01. The monoisotopic (exact) mass is 434 g/mol. The second kappa shape index (κ2) is 8.62. The van der Waals surface area contributed by atoms with Crippen molar-refractivity contribution in [3.8, 4) is 0 Å². The van der Waals surface area contributed by atoms with Crippen LogP contribution in [-0.2, 0) is 17.9 Å². The number of benzene rings is 1. The number of halogens is 2. The third-order valence-electron chi connectivity index (χ3n) is 4.66. The number of nitrogens with zero attached hydrogens (tertiary/aromatic N) is 5. The van der Waals surface area contributed by atoms with E-state index in [0.717, 1.165) is 0 Å². The lowest BCUT2D eigenvalue weighted by molar-refractivity contribution is -0.386. The highest BCUT2D eigenvalue weighted by Crippen LogP contribution is 2.23. The first-order valence-corrected chi connectivity index (χ1v) is 9.50. The van der Waals surface area contributed by atoms with Crippen LogP contribution in [0.1, 0.15) is 23.9 Å². The van der Waals surface area contributed by atoms with Gasteiger partial charge < -0.3 is 5.32 Å². The molecule has 11 heteroatoms. The summed E-state index contributed by atoms with van der Waals surface area (Å²) in [6.07, 6.45) is 1.67. The molecule has 0 aliphatic rings. The standard InChI is InChI=1S/C19H20ClFN6O3/c1-11(9-26-13(3)18(27(29)30)12(2)23-26)19(28)22-17-6-7-25(24-17)10-14-4-5-15(21)8-16(14)20/h4-8,11H,9-10H2,1-3H3,(H,22,24,28). The Balaban J connectivity index is 1.64. The predicted molar refractivity (Wildman–Crippen MR) is 109 cm³/mol. The molecule has 2 aromatic heterocycles. The van der Waals surface area contributed by atoms with Crippen LogP contribution in [0.15, 0.2) is 30.5 Å². The molecule has 0 saturated carbocycles. The Bertz CT molecular complexity index is 1110. The second-order valence-corrected chi connectivity index (χ2v) is 7.39. The van der Waals surface area contributed by atoms with Gasteiger partial charge in [0.2, 0.25) is 5.91 Å². The molecule has 3 aromatic rings. The van der Waals surface area contributed by atoms with E-state index in [1.165, 1.54) is 16.8 Å². The minimum absolute atomic E-state index is 0.0409. The molecule has 9 nitrogen and oxygen atoms in total. The average Bonchev–Trinajstić information content (AvgIpc) is 3.21. The van der Waals surface area contributed by atoms with Gasteiger partial charge in [-0.2, -0.15) is 10.2 Å². The fourth-order valence-corrected chi connectivity index (χ4v) is 3.29. The number of amides is 1. The van der Waals surface area contributed by atoms with E-state index in [4.69, 9.17) is 11.6 Å². The van der Waals surface area contributed by atoms with E-state index >= 15 is 0 Å². The highest BCUT2D eigenvalue weighted by atomic mass is 35.5. The number of aromatic nitrogens is 4. The van der Waals surface area contributed by atoms with Gasteiger partial charge in [-0.15, -0.1) is 0 Å². The average molecular weight is 435 g/mol. The number of nitrogens with one attached hydrogen (secondary N) is 1. The summed E-state index contributed by atoms with van der Waals surface area (Å²) >= 11 is 6.03. The third kappa shape index (κ3) is 4.65. The fourth-order valence-electron chi connectivity index (χ4n) is 3.06. The van der Waals surface area contributed by atoms with E-state index in [9.17, 15) is 19.3 Å². The summed E-state index contributed by atoms with van der Waals surface area (Å²) < 4.78 is 16.2. The molecule has 158 valence electrons. The van der Waals surface area contributed by atoms with Crippen LogP contribution in [0.5, 0.6) is 0 Å². The van der Waals surface area contributed by atoms with Crippen molar-refractivity contribution in [3.05, 3.63) is 68.4 Å². The molecular formula is C19H20ClFN6O3. The molecule has 0 radical (unpaired) electrons. The Hall–Kier alpha value is -3.27. The van der Waals surface area contributed by atoms with E-state index < -0.39 is 16.7 Å². The van der Waals surface area contributed by atoms with Gasteiger partial charge in [0.1, 0.15) is 17.2 Å².